The van der Waals surface area contributed by atoms with Crippen LogP contribution in [0.25, 0.3) is 16.7 Å². The van der Waals surface area contributed by atoms with E-state index in [4.69, 9.17) is 0 Å². The van der Waals surface area contributed by atoms with Crippen molar-refractivity contribution in [1.29, 1.82) is 0 Å². The van der Waals surface area contributed by atoms with Crippen molar-refractivity contribution in [2.45, 2.75) is 13.8 Å². The number of allylic oxidation sites excluding steroid dienone is 1. The molecule has 0 saturated carbocycles. The van der Waals surface area contributed by atoms with Crippen molar-refractivity contribution in [3.05, 3.63) is 59.4 Å². The third-order valence-corrected chi connectivity index (χ3v) is 3.13. The Hall–Kier alpha value is -1.89. The lowest BCUT2D eigenvalue weighted by molar-refractivity contribution is 1.20. The van der Waals surface area contributed by atoms with Gasteiger partial charge in [-0.25, -0.2) is 0 Å². The Morgan fingerprint density at radius 2 is 1.75 bits per heavy atom. The van der Waals surface area contributed by atoms with Gasteiger partial charge in [0.1, 0.15) is 0 Å². The number of pyridine rings is 1. The number of rotatable bonds is 0. The van der Waals surface area contributed by atoms with E-state index in [0.29, 0.717) is 0 Å². The van der Waals surface area contributed by atoms with E-state index in [0.717, 1.165) is 5.69 Å². The third-order valence-electron chi connectivity index (χ3n) is 3.13. The molecule has 16 heavy (non-hydrogen) atoms. The second kappa shape index (κ2) is 3.31. The number of aromatic nitrogens is 1. The van der Waals surface area contributed by atoms with Gasteiger partial charge in [-0.05, 0) is 42.2 Å². The molecule has 0 bridgehead atoms. The summed E-state index contributed by atoms with van der Waals surface area (Å²) in [7, 11) is 0. The Morgan fingerprint density at radius 3 is 2.50 bits per heavy atom. The average Bonchev–Trinajstić information content (AvgIpc) is 2.62. The second-order valence-electron chi connectivity index (χ2n) is 4.12. The van der Waals surface area contributed by atoms with Crippen LogP contribution in [0.3, 0.4) is 0 Å². The van der Waals surface area contributed by atoms with Gasteiger partial charge in [0.05, 0.1) is 0 Å². The first-order chi connectivity index (χ1) is 7.81. The lowest BCUT2D eigenvalue weighted by Crippen LogP contribution is -1.85. The minimum atomic E-state index is 1.07. The normalized spacial score (nSPS) is 15.0. The van der Waals surface area contributed by atoms with Gasteiger partial charge in [0.25, 0.3) is 0 Å². The molecule has 0 fully saturated rings. The quantitative estimate of drug-likeness (QED) is 0.546. The molecule has 0 N–H and O–H groups in total. The zero-order chi connectivity index (χ0) is 11.1. The first-order valence-corrected chi connectivity index (χ1v) is 5.54. The number of benzene rings is 1. The summed E-state index contributed by atoms with van der Waals surface area (Å²) >= 11 is 0. The molecule has 3 rings (SSSR count). The zero-order valence-electron chi connectivity index (χ0n) is 9.49. The average molecular weight is 207 g/mol. The molecule has 78 valence electrons. The molecule has 0 aliphatic heterocycles. The summed E-state index contributed by atoms with van der Waals surface area (Å²) < 4.78 is 0. The van der Waals surface area contributed by atoms with Crippen molar-refractivity contribution >= 4 is 5.57 Å². The van der Waals surface area contributed by atoms with E-state index in [2.05, 4.69) is 48.3 Å². The molecule has 2 aromatic rings. The summed E-state index contributed by atoms with van der Waals surface area (Å²) in [6.07, 6.45) is 4.15. The highest BCUT2D eigenvalue weighted by Crippen LogP contribution is 2.43. The van der Waals surface area contributed by atoms with Crippen LogP contribution >= 0.6 is 0 Å². The van der Waals surface area contributed by atoms with Crippen molar-refractivity contribution in [1.82, 2.24) is 4.98 Å². The first kappa shape index (κ1) is 9.34. The number of hydrogen-bond acceptors (Lipinski definition) is 1. The second-order valence-corrected chi connectivity index (χ2v) is 4.12. The molecular weight excluding hydrogens is 194 g/mol. The molecular formula is C15H13N. The van der Waals surface area contributed by atoms with E-state index in [1.165, 1.54) is 27.8 Å². The molecule has 1 aromatic heterocycles. The van der Waals surface area contributed by atoms with Crippen LogP contribution in [-0.4, -0.2) is 4.98 Å². The Kier molecular flexibility index (Phi) is 1.93. The zero-order valence-corrected chi connectivity index (χ0v) is 9.49. The van der Waals surface area contributed by atoms with E-state index >= 15 is 0 Å². The van der Waals surface area contributed by atoms with Gasteiger partial charge in [-0.15, -0.1) is 0 Å². The fourth-order valence-electron chi connectivity index (χ4n) is 2.41. The lowest BCUT2D eigenvalue weighted by Gasteiger charge is -2.00. The van der Waals surface area contributed by atoms with Crippen LogP contribution in [0.1, 0.15) is 23.7 Å². The van der Waals surface area contributed by atoms with Crippen LogP contribution in [0.4, 0.5) is 0 Å². The smallest absolute Gasteiger partial charge is 0.0379 e. The van der Waals surface area contributed by atoms with Crippen LogP contribution < -0.4 is 0 Å². The van der Waals surface area contributed by atoms with Gasteiger partial charge in [0.15, 0.2) is 0 Å². The van der Waals surface area contributed by atoms with Crippen LogP contribution in [0, 0.1) is 6.92 Å². The van der Waals surface area contributed by atoms with Gasteiger partial charge < -0.3 is 0 Å². The lowest BCUT2D eigenvalue weighted by atomic mass is 10.1. The van der Waals surface area contributed by atoms with E-state index in [9.17, 15) is 0 Å². The molecule has 0 saturated heterocycles. The largest absolute Gasteiger partial charge is 0.261 e. The molecule has 0 unspecified atom stereocenters. The van der Waals surface area contributed by atoms with E-state index in [1.807, 2.05) is 13.1 Å². The molecule has 0 spiro atoms. The van der Waals surface area contributed by atoms with E-state index in [-0.39, 0.29) is 0 Å². The maximum atomic E-state index is 4.39. The predicted octanol–water partition coefficient (Wildman–Crippen LogP) is 3.82. The number of hydrogen-bond donors (Lipinski definition) is 0. The minimum absolute atomic E-state index is 1.07. The number of fused-ring (bicyclic) bond motifs is 3. The van der Waals surface area contributed by atoms with E-state index in [1.54, 1.807) is 0 Å². The van der Waals surface area contributed by atoms with Crippen molar-refractivity contribution < 1.29 is 0 Å². The standard InChI is InChI=1S/C15H13N/c1-3-11-12-6-4-5-7-13(12)14-8-10(2)16-9-15(11)14/h3-9H,1-2H3. The number of aryl methyl sites for hydroxylation is 1. The summed E-state index contributed by atoms with van der Waals surface area (Å²) in [4.78, 5) is 4.39. The first-order valence-electron chi connectivity index (χ1n) is 5.54. The number of nitrogens with zero attached hydrogens (tertiary/aromatic N) is 1. The van der Waals surface area contributed by atoms with Crippen molar-refractivity contribution in [3.8, 4) is 11.1 Å². The van der Waals surface area contributed by atoms with Gasteiger partial charge >= 0.3 is 0 Å². The molecule has 0 atom stereocenters. The molecule has 1 heteroatoms. The van der Waals surface area contributed by atoms with Crippen molar-refractivity contribution in [2.75, 3.05) is 0 Å². The van der Waals surface area contributed by atoms with Gasteiger partial charge in [-0.1, -0.05) is 30.3 Å². The Bertz CT molecular complexity index is 594. The van der Waals surface area contributed by atoms with Crippen LogP contribution in [0.15, 0.2) is 42.6 Å². The monoisotopic (exact) mass is 207 g/mol. The Morgan fingerprint density at radius 1 is 1.00 bits per heavy atom. The maximum Gasteiger partial charge on any atom is 0.0379 e. The van der Waals surface area contributed by atoms with Gasteiger partial charge in [-0.2, -0.15) is 0 Å². The highest BCUT2D eigenvalue weighted by Gasteiger charge is 2.22. The fourth-order valence-corrected chi connectivity index (χ4v) is 2.41. The van der Waals surface area contributed by atoms with Crippen LogP contribution in [0.5, 0.6) is 0 Å². The summed E-state index contributed by atoms with van der Waals surface area (Å²) in [5.41, 5.74) is 7.61. The molecule has 1 aliphatic rings. The predicted molar refractivity (Wildman–Crippen MR) is 67.2 cm³/mol. The maximum absolute atomic E-state index is 4.39. The topological polar surface area (TPSA) is 12.9 Å². The Balaban J connectivity index is 2.40. The molecule has 1 aromatic carbocycles. The third kappa shape index (κ3) is 1.15. The summed E-state index contributed by atoms with van der Waals surface area (Å²) in [5.74, 6) is 0. The highest BCUT2D eigenvalue weighted by molar-refractivity contribution is 6.00. The molecule has 1 aliphatic carbocycles. The van der Waals surface area contributed by atoms with Crippen LogP contribution in [0.2, 0.25) is 0 Å². The van der Waals surface area contributed by atoms with Crippen molar-refractivity contribution in [2.24, 2.45) is 0 Å². The molecule has 1 heterocycles. The summed E-state index contributed by atoms with van der Waals surface area (Å²) in [6.45, 7) is 4.12. The molecule has 0 radical (unpaired) electrons. The SMILES string of the molecule is CC=C1c2ccccc2-c2cc(C)ncc21. The van der Waals surface area contributed by atoms with Gasteiger partial charge in [0.2, 0.25) is 0 Å². The fraction of sp³-hybridized carbons (Fsp3) is 0.133. The van der Waals surface area contributed by atoms with Crippen LogP contribution in [-0.2, 0) is 0 Å². The summed E-state index contributed by atoms with van der Waals surface area (Å²) in [5, 5.41) is 0. The highest BCUT2D eigenvalue weighted by atomic mass is 14.7. The Labute approximate surface area is 95.5 Å². The van der Waals surface area contributed by atoms with E-state index < -0.39 is 0 Å². The van der Waals surface area contributed by atoms with Gasteiger partial charge in [-0.3, -0.25) is 4.98 Å². The summed E-state index contributed by atoms with van der Waals surface area (Å²) in [6, 6.07) is 10.7. The van der Waals surface area contributed by atoms with Crippen molar-refractivity contribution in [3.63, 3.8) is 0 Å². The minimum Gasteiger partial charge on any atom is -0.261 e. The molecule has 1 nitrogen and oxygen atoms in total. The van der Waals surface area contributed by atoms with Gasteiger partial charge in [0, 0.05) is 17.5 Å². The molecule has 0 amide bonds.